The Balaban J connectivity index is 2.24. The minimum atomic E-state index is -1.23. The Morgan fingerprint density at radius 1 is 1.25 bits per heavy atom. The molecular formula is C24H36N2O6. The van der Waals surface area contributed by atoms with Crippen LogP contribution in [0.25, 0.3) is 0 Å². The van der Waals surface area contributed by atoms with E-state index in [1.807, 2.05) is 26.0 Å². The molecule has 0 saturated carbocycles. The molecule has 2 atom stereocenters. The Morgan fingerprint density at radius 3 is 2.47 bits per heavy atom. The molecule has 1 amide bonds. The maximum atomic E-state index is 13.2. The number of benzene rings is 1. The quantitative estimate of drug-likeness (QED) is 0.421. The summed E-state index contributed by atoms with van der Waals surface area (Å²) in [6.07, 6.45) is 0.220. The summed E-state index contributed by atoms with van der Waals surface area (Å²) >= 11 is 0. The molecule has 32 heavy (non-hydrogen) atoms. The lowest BCUT2D eigenvalue weighted by molar-refractivity contribution is -0.155. The number of ether oxygens (including phenoxy) is 3. The molecule has 1 aliphatic heterocycles. The van der Waals surface area contributed by atoms with Gasteiger partial charge < -0.3 is 24.6 Å². The number of carbonyl (C=O) groups excluding carboxylic acids is 2. The summed E-state index contributed by atoms with van der Waals surface area (Å²) in [6.45, 7) is 11.5. The van der Waals surface area contributed by atoms with Gasteiger partial charge in [0, 0.05) is 31.1 Å². The van der Waals surface area contributed by atoms with Crippen LogP contribution in [-0.4, -0.2) is 59.4 Å². The molecule has 178 valence electrons. The van der Waals surface area contributed by atoms with Crippen molar-refractivity contribution in [3.63, 3.8) is 0 Å². The number of carbonyl (C=O) groups is 2. The van der Waals surface area contributed by atoms with E-state index >= 15 is 0 Å². The van der Waals surface area contributed by atoms with Crippen molar-refractivity contribution in [2.75, 3.05) is 13.2 Å². The first-order chi connectivity index (χ1) is 15.0. The fourth-order valence-corrected chi connectivity index (χ4v) is 3.32. The van der Waals surface area contributed by atoms with Crippen LogP contribution in [0.2, 0.25) is 0 Å². The summed E-state index contributed by atoms with van der Waals surface area (Å²) in [6, 6.07) is 7.12. The lowest BCUT2D eigenvalue weighted by atomic mass is 9.87. The number of aliphatic imine (C=N–C) groups is 1. The van der Waals surface area contributed by atoms with Gasteiger partial charge in [-0.2, -0.15) is 0 Å². The molecular weight excluding hydrogens is 412 g/mol. The molecule has 0 saturated heterocycles. The summed E-state index contributed by atoms with van der Waals surface area (Å²) in [5, 5.41) is 11.8. The molecule has 1 aromatic rings. The van der Waals surface area contributed by atoms with Gasteiger partial charge >= 0.3 is 5.97 Å². The number of hydrogen-bond donors (Lipinski definition) is 2. The van der Waals surface area contributed by atoms with Gasteiger partial charge in [-0.15, -0.1) is 0 Å². The predicted molar refractivity (Wildman–Crippen MR) is 122 cm³/mol. The maximum Gasteiger partial charge on any atom is 0.306 e. The molecule has 0 radical (unpaired) electrons. The van der Waals surface area contributed by atoms with Crippen LogP contribution in [0.4, 0.5) is 0 Å². The van der Waals surface area contributed by atoms with E-state index in [1.54, 1.807) is 39.8 Å². The Morgan fingerprint density at radius 2 is 1.91 bits per heavy atom. The number of nitrogens with zero attached hydrogens (tertiary/aromatic N) is 1. The molecule has 0 unspecified atom stereocenters. The Bertz CT molecular complexity index is 813. The normalized spacial score (nSPS) is 20.5. The van der Waals surface area contributed by atoms with Crippen molar-refractivity contribution in [1.82, 2.24) is 5.32 Å². The van der Waals surface area contributed by atoms with Gasteiger partial charge in [-0.3, -0.25) is 9.59 Å². The van der Waals surface area contributed by atoms with Crippen molar-refractivity contribution < 1.29 is 28.9 Å². The summed E-state index contributed by atoms with van der Waals surface area (Å²) < 4.78 is 17.0. The Hall–Kier alpha value is -2.61. The largest absolute Gasteiger partial charge is 0.494 e. The van der Waals surface area contributed by atoms with Crippen molar-refractivity contribution in [3.8, 4) is 5.75 Å². The predicted octanol–water partition coefficient (Wildman–Crippen LogP) is 3.00. The van der Waals surface area contributed by atoms with Crippen LogP contribution in [-0.2, 0) is 19.1 Å². The second kappa shape index (κ2) is 10.8. The van der Waals surface area contributed by atoms with Gasteiger partial charge in [0.05, 0.1) is 6.61 Å². The van der Waals surface area contributed by atoms with E-state index in [0.29, 0.717) is 30.2 Å². The summed E-state index contributed by atoms with van der Waals surface area (Å²) in [5.74, 6) is 0.363. The first-order valence-corrected chi connectivity index (χ1v) is 11.1. The van der Waals surface area contributed by atoms with Gasteiger partial charge in [0.25, 0.3) is 5.91 Å². The Kier molecular flexibility index (Phi) is 8.66. The van der Waals surface area contributed by atoms with E-state index in [4.69, 9.17) is 24.3 Å². The van der Waals surface area contributed by atoms with E-state index in [-0.39, 0.29) is 37.4 Å². The Labute approximate surface area is 190 Å². The maximum absolute atomic E-state index is 13.2. The first kappa shape index (κ1) is 25.6. The van der Waals surface area contributed by atoms with Gasteiger partial charge in [0.1, 0.15) is 17.5 Å². The minimum absolute atomic E-state index is 0.0465. The van der Waals surface area contributed by atoms with Gasteiger partial charge in [0.15, 0.2) is 5.54 Å². The second-order valence-corrected chi connectivity index (χ2v) is 9.27. The molecule has 0 spiro atoms. The average molecular weight is 449 g/mol. The monoisotopic (exact) mass is 448 g/mol. The highest BCUT2D eigenvalue weighted by molar-refractivity contribution is 6.01. The van der Waals surface area contributed by atoms with Crippen LogP contribution >= 0.6 is 0 Å². The molecule has 0 aliphatic carbocycles. The van der Waals surface area contributed by atoms with E-state index in [1.165, 1.54) is 0 Å². The highest BCUT2D eigenvalue weighted by Gasteiger charge is 2.50. The fraction of sp³-hybridized carbons (Fsp3) is 0.625. The van der Waals surface area contributed by atoms with Crippen LogP contribution < -0.4 is 10.1 Å². The zero-order valence-corrected chi connectivity index (χ0v) is 19.9. The minimum Gasteiger partial charge on any atom is -0.494 e. The third-order valence-corrected chi connectivity index (χ3v) is 4.88. The first-order valence-electron chi connectivity index (χ1n) is 11.1. The SMILES string of the molecule is CC(C)NC(=O)[C@]1(CCC(=O)OC(C)(C)C)N=C(c2ccc(OCCCO)cc2)O[C@@H]1C. The van der Waals surface area contributed by atoms with Crippen LogP contribution in [0.1, 0.15) is 66.4 Å². The van der Waals surface area contributed by atoms with Crippen LogP contribution in [0, 0.1) is 0 Å². The number of rotatable bonds is 10. The zero-order chi connectivity index (χ0) is 23.9. The van der Waals surface area contributed by atoms with E-state index in [9.17, 15) is 9.59 Å². The number of aliphatic hydroxyl groups excluding tert-OH is 1. The molecule has 8 heteroatoms. The average Bonchev–Trinajstić information content (AvgIpc) is 3.03. The highest BCUT2D eigenvalue weighted by Crippen LogP contribution is 2.34. The van der Waals surface area contributed by atoms with Gasteiger partial charge in [-0.25, -0.2) is 4.99 Å². The van der Waals surface area contributed by atoms with E-state index < -0.39 is 17.2 Å². The molecule has 2 rings (SSSR count). The molecule has 1 heterocycles. The molecule has 0 fully saturated rings. The molecule has 0 aromatic heterocycles. The van der Waals surface area contributed by atoms with Crippen molar-refractivity contribution in [2.24, 2.45) is 4.99 Å². The second-order valence-electron chi connectivity index (χ2n) is 9.27. The number of amides is 1. The number of nitrogens with one attached hydrogen (secondary N) is 1. The smallest absolute Gasteiger partial charge is 0.306 e. The van der Waals surface area contributed by atoms with E-state index in [0.717, 1.165) is 0 Å². The van der Waals surface area contributed by atoms with Crippen LogP contribution in [0.3, 0.4) is 0 Å². The number of esters is 1. The third-order valence-electron chi connectivity index (χ3n) is 4.88. The van der Waals surface area contributed by atoms with Gasteiger partial charge in [-0.1, -0.05) is 0 Å². The molecule has 0 bridgehead atoms. The fourth-order valence-electron chi connectivity index (χ4n) is 3.32. The topological polar surface area (TPSA) is 106 Å². The summed E-state index contributed by atoms with van der Waals surface area (Å²) in [7, 11) is 0. The van der Waals surface area contributed by atoms with Crippen molar-refractivity contribution in [3.05, 3.63) is 29.8 Å². The number of aliphatic hydroxyl groups is 1. The third kappa shape index (κ3) is 6.95. The molecule has 8 nitrogen and oxygen atoms in total. The summed E-state index contributed by atoms with van der Waals surface area (Å²) in [4.78, 5) is 30.2. The highest BCUT2D eigenvalue weighted by atomic mass is 16.6. The molecule has 1 aliphatic rings. The lowest BCUT2D eigenvalue weighted by Gasteiger charge is -2.29. The lowest BCUT2D eigenvalue weighted by Crippen LogP contribution is -2.52. The van der Waals surface area contributed by atoms with E-state index in [2.05, 4.69) is 5.32 Å². The molecule has 1 aromatic carbocycles. The number of hydrogen-bond acceptors (Lipinski definition) is 7. The zero-order valence-electron chi connectivity index (χ0n) is 19.9. The standard InChI is InChI=1S/C24H36N2O6/c1-16(2)25-22(29)24(13-12-20(28)32-23(4,5)6)17(3)31-21(26-24)18-8-10-19(11-9-18)30-15-7-14-27/h8-11,16-17,27H,7,12-15H2,1-6H3,(H,25,29)/t17-,24-/m1/s1. The van der Waals surface area contributed by atoms with Crippen LogP contribution in [0.15, 0.2) is 29.3 Å². The molecule has 2 N–H and O–H groups in total. The van der Waals surface area contributed by atoms with Crippen molar-refractivity contribution in [2.45, 2.75) is 84.1 Å². The van der Waals surface area contributed by atoms with Crippen molar-refractivity contribution in [1.29, 1.82) is 0 Å². The van der Waals surface area contributed by atoms with Gasteiger partial charge in [-0.05, 0) is 72.2 Å². The van der Waals surface area contributed by atoms with Gasteiger partial charge in [0.2, 0.25) is 5.90 Å². The van der Waals surface area contributed by atoms with Crippen LogP contribution in [0.5, 0.6) is 5.75 Å². The summed E-state index contributed by atoms with van der Waals surface area (Å²) in [5.41, 5.74) is -1.12. The van der Waals surface area contributed by atoms with Crippen molar-refractivity contribution >= 4 is 17.8 Å².